The van der Waals surface area contributed by atoms with Crippen LogP contribution < -0.4 is 5.73 Å². The van der Waals surface area contributed by atoms with Gasteiger partial charge in [0.1, 0.15) is 11.8 Å². The van der Waals surface area contributed by atoms with Crippen LogP contribution in [0.5, 0.6) is 0 Å². The number of nitrogens with zero attached hydrogens (tertiary/aromatic N) is 3. The predicted octanol–water partition coefficient (Wildman–Crippen LogP) is 1.49. The van der Waals surface area contributed by atoms with Gasteiger partial charge in [-0.2, -0.15) is 11.8 Å². The lowest BCUT2D eigenvalue weighted by atomic mass is 10.0. The molecule has 3 rings (SSSR count). The molecular formula is C17H27N5O2S. The quantitative estimate of drug-likeness (QED) is 0.579. The molecule has 0 radical (unpaired) electrons. The fourth-order valence-electron chi connectivity index (χ4n) is 3.37. The Morgan fingerprint density at radius 1 is 1.40 bits per heavy atom. The molecular weight excluding hydrogens is 338 g/mol. The molecule has 0 unspecified atom stereocenters. The molecule has 25 heavy (non-hydrogen) atoms. The molecule has 1 fully saturated rings. The summed E-state index contributed by atoms with van der Waals surface area (Å²) < 4.78 is 5.06. The largest absolute Gasteiger partial charge is 0.391 e. The molecule has 8 heteroatoms. The highest BCUT2D eigenvalue weighted by molar-refractivity contribution is 7.99. The van der Waals surface area contributed by atoms with Crippen LogP contribution in [0, 0.1) is 5.92 Å². The van der Waals surface area contributed by atoms with E-state index in [4.69, 9.17) is 10.5 Å². The summed E-state index contributed by atoms with van der Waals surface area (Å²) in [6.45, 7) is 3.23. The number of rotatable bonds is 9. The molecule has 138 valence electrons. The molecule has 2 atom stereocenters. The minimum Gasteiger partial charge on any atom is -0.391 e. The highest BCUT2D eigenvalue weighted by Gasteiger charge is 2.31. The first-order valence-corrected chi connectivity index (χ1v) is 9.88. The minimum atomic E-state index is -0.246. The van der Waals surface area contributed by atoms with Crippen molar-refractivity contribution in [2.45, 2.75) is 25.5 Å². The first-order chi connectivity index (χ1) is 12.2. The smallest absolute Gasteiger partial charge is 0.151 e. The molecule has 1 aliphatic rings. The standard InChI is InChI=1S/C17H27N5O2S/c1-24-4-2-5-25-6-3-12-8-22(10-14(12)23)9-13-7-19-16-15(13)20-11-21-17(16)18/h7,11-12,14,19,23H,2-6,8-10H2,1H3,(H2,18,20,21)/t12-,14+/m0/s1. The minimum absolute atomic E-state index is 0.246. The van der Waals surface area contributed by atoms with Crippen LogP contribution in [0.15, 0.2) is 12.5 Å². The van der Waals surface area contributed by atoms with Gasteiger partial charge < -0.3 is 20.6 Å². The number of hydrogen-bond acceptors (Lipinski definition) is 7. The average molecular weight is 366 g/mol. The van der Waals surface area contributed by atoms with Gasteiger partial charge in [0.15, 0.2) is 5.82 Å². The number of aromatic amines is 1. The van der Waals surface area contributed by atoms with E-state index in [9.17, 15) is 5.11 Å². The number of fused-ring (bicyclic) bond motifs is 1. The monoisotopic (exact) mass is 365 g/mol. The van der Waals surface area contributed by atoms with Gasteiger partial charge in [0.05, 0.1) is 11.6 Å². The third-order valence-electron chi connectivity index (χ3n) is 4.72. The zero-order valence-corrected chi connectivity index (χ0v) is 15.5. The molecule has 0 bridgehead atoms. The van der Waals surface area contributed by atoms with E-state index in [2.05, 4.69) is 19.9 Å². The summed E-state index contributed by atoms with van der Waals surface area (Å²) in [6, 6.07) is 0. The number of nitrogens with one attached hydrogen (secondary N) is 1. The van der Waals surface area contributed by atoms with E-state index in [0.29, 0.717) is 18.3 Å². The van der Waals surface area contributed by atoms with Gasteiger partial charge in [-0.05, 0) is 30.3 Å². The summed E-state index contributed by atoms with van der Waals surface area (Å²) in [5.74, 6) is 3.04. The summed E-state index contributed by atoms with van der Waals surface area (Å²) in [7, 11) is 1.74. The Labute approximate surface area is 152 Å². The maximum absolute atomic E-state index is 10.4. The SMILES string of the molecule is COCCCSCC[C@H]1CN(Cc2c[nH]c3c(N)ncnc23)C[C@H]1O. The third kappa shape index (κ3) is 4.63. The van der Waals surface area contributed by atoms with E-state index in [1.54, 1.807) is 7.11 Å². The number of thioether (sulfide) groups is 1. The van der Waals surface area contributed by atoms with Crippen molar-refractivity contribution in [2.75, 3.05) is 44.0 Å². The molecule has 7 nitrogen and oxygen atoms in total. The van der Waals surface area contributed by atoms with Crippen molar-refractivity contribution in [3.63, 3.8) is 0 Å². The second-order valence-electron chi connectivity index (χ2n) is 6.57. The molecule has 1 aliphatic heterocycles. The molecule has 1 saturated heterocycles. The lowest BCUT2D eigenvalue weighted by molar-refractivity contribution is 0.140. The predicted molar refractivity (Wildman–Crippen MR) is 102 cm³/mol. The van der Waals surface area contributed by atoms with E-state index < -0.39 is 0 Å². The van der Waals surface area contributed by atoms with Gasteiger partial charge in [-0.25, -0.2) is 9.97 Å². The van der Waals surface area contributed by atoms with Crippen molar-refractivity contribution in [2.24, 2.45) is 5.92 Å². The van der Waals surface area contributed by atoms with Crippen molar-refractivity contribution in [1.29, 1.82) is 0 Å². The lowest BCUT2D eigenvalue weighted by Crippen LogP contribution is -2.21. The van der Waals surface area contributed by atoms with Gasteiger partial charge >= 0.3 is 0 Å². The Kier molecular flexibility index (Phi) is 6.52. The summed E-state index contributed by atoms with van der Waals surface area (Å²) in [5, 5.41) is 10.4. The van der Waals surface area contributed by atoms with E-state index in [1.165, 1.54) is 6.33 Å². The highest BCUT2D eigenvalue weighted by atomic mass is 32.2. The van der Waals surface area contributed by atoms with Crippen LogP contribution in [0.4, 0.5) is 5.82 Å². The zero-order valence-electron chi connectivity index (χ0n) is 14.6. The molecule has 2 aromatic rings. The molecule has 4 N–H and O–H groups in total. The second kappa shape index (κ2) is 8.84. The maximum atomic E-state index is 10.4. The van der Waals surface area contributed by atoms with Crippen molar-refractivity contribution in [1.82, 2.24) is 19.9 Å². The number of aromatic nitrogens is 3. The molecule has 2 aromatic heterocycles. The van der Waals surface area contributed by atoms with Gasteiger partial charge in [-0.15, -0.1) is 0 Å². The van der Waals surface area contributed by atoms with Crippen molar-refractivity contribution >= 4 is 28.6 Å². The number of aliphatic hydroxyl groups excluding tert-OH is 1. The summed E-state index contributed by atoms with van der Waals surface area (Å²) >= 11 is 1.95. The van der Waals surface area contributed by atoms with Crippen LogP contribution in [0.25, 0.3) is 11.0 Å². The molecule has 3 heterocycles. The van der Waals surface area contributed by atoms with Crippen LogP contribution in [0.3, 0.4) is 0 Å². The molecule has 0 aromatic carbocycles. The number of nitrogen functional groups attached to an aromatic ring is 1. The fraction of sp³-hybridized carbons (Fsp3) is 0.647. The lowest BCUT2D eigenvalue weighted by Gasteiger charge is -2.15. The van der Waals surface area contributed by atoms with Gasteiger partial charge in [0, 0.05) is 45.1 Å². The van der Waals surface area contributed by atoms with E-state index in [1.807, 2.05) is 18.0 Å². The fourth-order valence-corrected chi connectivity index (χ4v) is 4.37. The number of aliphatic hydroxyl groups is 1. The topological polar surface area (TPSA) is 100 Å². The van der Waals surface area contributed by atoms with Crippen LogP contribution in [0.2, 0.25) is 0 Å². The number of anilines is 1. The Hall–Kier alpha value is -1.35. The average Bonchev–Trinajstić information content (AvgIpc) is 3.16. The number of methoxy groups -OCH3 is 1. The molecule has 0 saturated carbocycles. The summed E-state index contributed by atoms with van der Waals surface area (Å²) in [6.07, 6.45) is 5.34. The van der Waals surface area contributed by atoms with Gasteiger partial charge in [0.25, 0.3) is 0 Å². The molecule has 0 aliphatic carbocycles. The number of hydrogen-bond donors (Lipinski definition) is 3. The van der Waals surface area contributed by atoms with Crippen molar-refractivity contribution in [3.8, 4) is 0 Å². The Morgan fingerprint density at radius 2 is 2.28 bits per heavy atom. The first kappa shape index (κ1) is 18.4. The van der Waals surface area contributed by atoms with E-state index >= 15 is 0 Å². The normalized spacial score (nSPS) is 21.4. The van der Waals surface area contributed by atoms with E-state index in [0.717, 1.165) is 60.6 Å². The highest BCUT2D eigenvalue weighted by Crippen LogP contribution is 2.26. The Morgan fingerprint density at radius 3 is 3.12 bits per heavy atom. The van der Waals surface area contributed by atoms with Crippen LogP contribution in [-0.2, 0) is 11.3 Å². The summed E-state index contributed by atoms with van der Waals surface area (Å²) in [5.41, 5.74) is 8.64. The number of likely N-dealkylation sites (tertiary alicyclic amines) is 1. The van der Waals surface area contributed by atoms with E-state index in [-0.39, 0.29) is 6.10 Å². The van der Waals surface area contributed by atoms with Crippen LogP contribution in [0.1, 0.15) is 18.4 Å². The zero-order chi connectivity index (χ0) is 17.6. The third-order valence-corrected chi connectivity index (χ3v) is 5.82. The number of ether oxygens (including phenoxy) is 1. The number of β-amino-alcohol motifs (C(OH)–C–C–N with tert-alkyl or cyclic N) is 1. The number of nitrogens with two attached hydrogens (primary N) is 1. The van der Waals surface area contributed by atoms with Crippen molar-refractivity contribution < 1.29 is 9.84 Å². The van der Waals surface area contributed by atoms with Gasteiger partial charge in [-0.3, -0.25) is 4.90 Å². The Bertz CT molecular complexity index is 680. The van der Waals surface area contributed by atoms with Crippen LogP contribution >= 0.6 is 11.8 Å². The first-order valence-electron chi connectivity index (χ1n) is 8.72. The van der Waals surface area contributed by atoms with Gasteiger partial charge in [0.2, 0.25) is 0 Å². The summed E-state index contributed by atoms with van der Waals surface area (Å²) in [4.78, 5) is 13.8. The molecule has 0 spiro atoms. The van der Waals surface area contributed by atoms with Gasteiger partial charge in [-0.1, -0.05) is 0 Å². The number of H-pyrrole nitrogens is 1. The molecule has 0 amide bonds. The van der Waals surface area contributed by atoms with Crippen LogP contribution in [-0.4, -0.2) is 69.4 Å². The maximum Gasteiger partial charge on any atom is 0.151 e. The second-order valence-corrected chi connectivity index (χ2v) is 7.79. The Balaban J connectivity index is 1.49. The van der Waals surface area contributed by atoms with Crippen molar-refractivity contribution in [3.05, 3.63) is 18.1 Å².